The molecule has 0 aliphatic carbocycles. The van der Waals surface area contributed by atoms with Gasteiger partial charge in [0.15, 0.2) is 0 Å². The van der Waals surface area contributed by atoms with E-state index in [-0.39, 0.29) is 5.91 Å². The van der Waals surface area contributed by atoms with Crippen molar-refractivity contribution < 1.29 is 23.9 Å². The molecular weight excluding hydrogens is 520 g/mol. The predicted molar refractivity (Wildman–Crippen MR) is 159 cm³/mol. The number of methoxy groups -OCH3 is 1. The first kappa shape index (κ1) is 29.5. The van der Waals surface area contributed by atoms with Gasteiger partial charge in [-0.2, -0.15) is 0 Å². The van der Waals surface area contributed by atoms with Gasteiger partial charge in [-0.3, -0.25) is 9.79 Å². The molecule has 0 radical (unpaired) electrons. The van der Waals surface area contributed by atoms with Crippen LogP contribution >= 0.6 is 0 Å². The van der Waals surface area contributed by atoms with Gasteiger partial charge in [-0.25, -0.2) is 9.59 Å². The Morgan fingerprint density at radius 2 is 1.68 bits per heavy atom. The number of nitrogens with one attached hydrogen (secondary N) is 3. The zero-order valence-electron chi connectivity index (χ0n) is 23.8. The number of esters is 1. The van der Waals surface area contributed by atoms with Gasteiger partial charge < -0.3 is 25.4 Å². The quantitative estimate of drug-likeness (QED) is 0.176. The van der Waals surface area contributed by atoms with Crippen molar-refractivity contribution in [3.8, 4) is 0 Å². The van der Waals surface area contributed by atoms with Gasteiger partial charge in [0.05, 0.1) is 24.1 Å². The highest BCUT2D eigenvalue weighted by Gasteiger charge is 2.36. The Kier molecular flexibility index (Phi) is 9.52. The summed E-state index contributed by atoms with van der Waals surface area (Å²) in [5, 5.41) is 9.05. The summed E-state index contributed by atoms with van der Waals surface area (Å²) in [5.41, 5.74) is 4.39. The van der Waals surface area contributed by atoms with Gasteiger partial charge in [-0.1, -0.05) is 42.5 Å². The van der Waals surface area contributed by atoms with Gasteiger partial charge in [0.25, 0.3) is 0 Å². The molecule has 3 aromatic rings. The summed E-state index contributed by atoms with van der Waals surface area (Å²) in [5.74, 6) is -1.35. The molecule has 4 rings (SSSR count). The SMILES string of the molecule is COC(=O)c1ccc2c(c1)C(C(=Nc1ccc(CNCCCNC(=O)OC(C)(C)C)cc1)c1ccccc1)C(=O)N2. The van der Waals surface area contributed by atoms with Gasteiger partial charge in [0.1, 0.15) is 11.5 Å². The third-order valence-electron chi connectivity index (χ3n) is 6.36. The number of carbonyl (C=O) groups excluding carboxylic acids is 3. The Bertz CT molecular complexity index is 1410. The van der Waals surface area contributed by atoms with E-state index in [1.807, 2.05) is 75.4 Å². The third-order valence-corrected chi connectivity index (χ3v) is 6.36. The standard InChI is InChI=1S/C32H36N4O5/c1-32(2,3)41-31(39)34-18-8-17-33-20-21-11-14-24(15-12-21)35-28(22-9-6-5-7-10-22)27-25-19-23(30(38)40-4)13-16-26(25)36-29(27)37/h5-7,9-16,19,27,33H,8,17-18,20H2,1-4H3,(H,34,39)(H,36,37). The molecule has 3 N–H and O–H groups in total. The minimum Gasteiger partial charge on any atom is -0.465 e. The van der Waals surface area contributed by atoms with Crippen LogP contribution < -0.4 is 16.0 Å². The lowest BCUT2D eigenvalue weighted by atomic mass is 9.89. The molecule has 1 atom stereocenters. The van der Waals surface area contributed by atoms with E-state index >= 15 is 0 Å². The summed E-state index contributed by atoms with van der Waals surface area (Å²) in [6, 6.07) is 22.4. The first-order chi connectivity index (χ1) is 19.6. The monoisotopic (exact) mass is 556 g/mol. The number of fused-ring (bicyclic) bond motifs is 1. The lowest BCUT2D eigenvalue weighted by molar-refractivity contribution is -0.115. The topological polar surface area (TPSA) is 118 Å². The Morgan fingerprint density at radius 1 is 0.951 bits per heavy atom. The number of rotatable bonds is 10. The smallest absolute Gasteiger partial charge is 0.407 e. The number of anilines is 1. The molecule has 0 aromatic heterocycles. The number of ether oxygens (including phenoxy) is 2. The van der Waals surface area contributed by atoms with E-state index in [1.54, 1.807) is 18.2 Å². The van der Waals surface area contributed by atoms with Crippen molar-refractivity contribution in [2.75, 3.05) is 25.5 Å². The maximum atomic E-state index is 13.2. The second-order valence-electron chi connectivity index (χ2n) is 10.7. The molecule has 0 saturated heterocycles. The maximum Gasteiger partial charge on any atom is 0.407 e. The Balaban J connectivity index is 1.44. The fraction of sp³-hybridized carbons (Fsp3) is 0.312. The average molecular weight is 557 g/mol. The van der Waals surface area contributed by atoms with E-state index in [9.17, 15) is 14.4 Å². The number of carbonyl (C=O) groups is 3. The largest absolute Gasteiger partial charge is 0.465 e. The normalized spacial score (nSPS) is 14.7. The molecule has 0 spiro atoms. The van der Waals surface area contributed by atoms with Crippen molar-refractivity contribution in [2.24, 2.45) is 4.99 Å². The van der Waals surface area contributed by atoms with Crippen LogP contribution in [0.2, 0.25) is 0 Å². The van der Waals surface area contributed by atoms with Gasteiger partial charge in [0.2, 0.25) is 5.91 Å². The van der Waals surface area contributed by atoms with Crippen LogP contribution in [-0.2, 0) is 20.8 Å². The van der Waals surface area contributed by atoms with Crippen molar-refractivity contribution in [1.82, 2.24) is 10.6 Å². The molecule has 0 bridgehead atoms. The molecule has 2 amide bonds. The number of alkyl carbamates (subject to hydrolysis) is 1. The summed E-state index contributed by atoms with van der Waals surface area (Å²) < 4.78 is 10.1. The second-order valence-corrected chi connectivity index (χ2v) is 10.7. The van der Waals surface area contributed by atoms with Crippen LogP contribution in [0.5, 0.6) is 0 Å². The molecule has 9 heteroatoms. The lowest BCUT2D eigenvalue weighted by Gasteiger charge is -2.19. The molecule has 1 unspecified atom stereocenters. The van der Waals surface area contributed by atoms with Crippen molar-refractivity contribution in [3.63, 3.8) is 0 Å². The fourth-order valence-corrected chi connectivity index (χ4v) is 4.46. The van der Waals surface area contributed by atoms with E-state index in [4.69, 9.17) is 14.5 Å². The van der Waals surface area contributed by atoms with E-state index < -0.39 is 23.6 Å². The molecule has 9 nitrogen and oxygen atoms in total. The Morgan fingerprint density at radius 3 is 2.37 bits per heavy atom. The first-order valence-electron chi connectivity index (χ1n) is 13.6. The van der Waals surface area contributed by atoms with Crippen LogP contribution in [0.15, 0.2) is 77.8 Å². The molecule has 214 valence electrons. The number of aliphatic imine (C=N–C) groups is 1. The van der Waals surface area contributed by atoms with E-state index in [0.29, 0.717) is 41.3 Å². The highest BCUT2D eigenvalue weighted by atomic mass is 16.6. The summed E-state index contributed by atoms with van der Waals surface area (Å²) in [4.78, 5) is 42.0. The second kappa shape index (κ2) is 13.2. The Labute approximate surface area is 240 Å². The van der Waals surface area contributed by atoms with Crippen LogP contribution in [-0.4, -0.2) is 49.5 Å². The van der Waals surface area contributed by atoms with Crippen molar-refractivity contribution in [2.45, 2.75) is 45.3 Å². The van der Waals surface area contributed by atoms with E-state index in [0.717, 1.165) is 24.1 Å². The van der Waals surface area contributed by atoms with Gasteiger partial charge in [-0.05, 0) is 80.8 Å². The number of nitrogens with zero attached hydrogens (tertiary/aromatic N) is 1. The molecule has 41 heavy (non-hydrogen) atoms. The van der Waals surface area contributed by atoms with Crippen molar-refractivity contribution in [1.29, 1.82) is 0 Å². The Hall–Kier alpha value is -4.50. The number of hydrogen-bond donors (Lipinski definition) is 3. The van der Waals surface area contributed by atoms with Crippen LogP contribution in [0.25, 0.3) is 0 Å². The molecule has 1 aliphatic heterocycles. The first-order valence-corrected chi connectivity index (χ1v) is 13.6. The summed E-state index contributed by atoms with van der Waals surface area (Å²) in [6.07, 6.45) is 0.357. The number of hydrogen-bond acceptors (Lipinski definition) is 7. The van der Waals surface area contributed by atoms with Crippen LogP contribution in [0.1, 0.15) is 60.2 Å². The fourth-order valence-electron chi connectivity index (χ4n) is 4.46. The molecule has 0 fully saturated rings. The minimum atomic E-state index is -0.687. The highest BCUT2D eigenvalue weighted by Crippen LogP contribution is 2.37. The minimum absolute atomic E-state index is 0.202. The van der Waals surface area contributed by atoms with Gasteiger partial charge in [-0.15, -0.1) is 0 Å². The maximum absolute atomic E-state index is 13.2. The summed E-state index contributed by atoms with van der Waals surface area (Å²) >= 11 is 0. The zero-order chi connectivity index (χ0) is 29.4. The molecular formula is C32H36N4O5. The van der Waals surface area contributed by atoms with Crippen LogP contribution in [0, 0.1) is 0 Å². The predicted octanol–water partition coefficient (Wildman–Crippen LogP) is 5.33. The summed E-state index contributed by atoms with van der Waals surface area (Å²) in [7, 11) is 1.33. The molecule has 0 saturated carbocycles. The van der Waals surface area contributed by atoms with E-state index in [2.05, 4.69) is 16.0 Å². The van der Waals surface area contributed by atoms with Crippen LogP contribution in [0.3, 0.4) is 0 Å². The van der Waals surface area contributed by atoms with Crippen LogP contribution in [0.4, 0.5) is 16.2 Å². The van der Waals surface area contributed by atoms with E-state index in [1.165, 1.54) is 7.11 Å². The summed E-state index contributed by atoms with van der Waals surface area (Å²) in [6.45, 7) is 7.42. The number of amides is 2. The zero-order valence-corrected chi connectivity index (χ0v) is 23.8. The van der Waals surface area contributed by atoms with Crippen molar-refractivity contribution >= 4 is 35.1 Å². The number of benzene rings is 3. The third kappa shape index (κ3) is 8.02. The highest BCUT2D eigenvalue weighted by molar-refractivity contribution is 6.24. The molecule has 3 aromatic carbocycles. The lowest BCUT2D eigenvalue weighted by Crippen LogP contribution is -2.33. The molecule has 1 aliphatic rings. The van der Waals surface area contributed by atoms with Crippen molar-refractivity contribution in [3.05, 3.63) is 95.1 Å². The molecule has 1 heterocycles. The van der Waals surface area contributed by atoms with Gasteiger partial charge >= 0.3 is 12.1 Å². The average Bonchev–Trinajstić information content (AvgIpc) is 3.28. The van der Waals surface area contributed by atoms with Gasteiger partial charge in [0, 0.05) is 18.8 Å².